The van der Waals surface area contributed by atoms with Crippen molar-refractivity contribution in [2.75, 3.05) is 19.1 Å². The standard InChI is InChI=1S/C33H48N2O3S/c1-5-11-27(18-16-25-13-7-6-8-14-25)34-23-26-17-19-29(30(22-26)28-15-10-9-12-24(28)2)32(36)35-31(20-21-39-4)33(37)38-3/h9-10,12,15,17,19,22,25,27,31,34H,5-8,11,13-14,16,18,20-21,23H2,1-4H3,(H,35,36). The Labute approximate surface area is 240 Å². The molecule has 2 aromatic rings. The Bertz CT molecular complexity index is 1050. The van der Waals surface area contributed by atoms with Crippen molar-refractivity contribution < 1.29 is 14.3 Å². The third-order valence-electron chi connectivity index (χ3n) is 8.05. The Morgan fingerprint density at radius 3 is 2.49 bits per heavy atom. The zero-order valence-corrected chi connectivity index (χ0v) is 25.2. The molecule has 1 saturated carbocycles. The summed E-state index contributed by atoms with van der Waals surface area (Å²) >= 11 is 1.64. The van der Waals surface area contributed by atoms with Crippen LogP contribution in [-0.2, 0) is 16.1 Å². The van der Waals surface area contributed by atoms with Gasteiger partial charge in [-0.1, -0.05) is 75.8 Å². The van der Waals surface area contributed by atoms with E-state index in [0.29, 0.717) is 18.0 Å². The van der Waals surface area contributed by atoms with Crippen LogP contribution in [0.25, 0.3) is 11.1 Å². The minimum absolute atomic E-state index is 0.249. The lowest BCUT2D eigenvalue weighted by Gasteiger charge is -2.25. The van der Waals surface area contributed by atoms with Crippen molar-refractivity contribution in [3.8, 4) is 11.1 Å². The summed E-state index contributed by atoms with van der Waals surface area (Å²) in [5, 5.41) is 6.77. The van der Waals surface area contributed by atoms with Gasteiger partial charge in [-0.25, -0.2) is 4.79 Å². The fourth-order valence-corrected chi connectivity index (χ4v) is 6.20. The number of rotatable bonds is 15. The normalized spacial score (nSPS) is 15.5. The number of ether oxygens (including phenoxy) is 1. The summed E-state index contributed by atoms with van der Waals surface area (Å²) in [6.07, 6.45) is 14.4. The monoisotopic (exact) mass is 552 g/mol. The Morgan fingerprint density at radius 1 is 1.03 bits per heavy atom. The van der Waals surface area contributed by atoms with E-state index >= 15 is 0 Å². The van der Waals surface area contributed by atoms with E-state index in [1.807, 2.05) is 30.5 Å². The molecule has 214 valence electrons. The molecule has 1 aliphatic rings. The number of aryl methyl sites for hydroxylation is 1. The zero-order valence-electron chi connectivity index (χ0n) is 24.4. The topological polar surface area (TPSA) is 67.4 Å². The molecule has 0 saturated heterocycles. The second-order valence-electron chi connectivity index (χ2n) is 11.0. The van der Waals surface area contributed by atoms with Crippen molar-refractivity contribution in [2.24, 2.45) is 5.92 Å². The Morgan fingerprint density at radius 2 is 1.79 bits per heavy atom. The highest BCUT2D eigenvalue weighted by atomic mass is 32.2. The predicted octanol–water partition coefficient (Wildman–Crippen LogP) is 7.31. The van der Waals surface area contributed by atoms with E-state index in [1.165, 1.54) is 64.9 Å². The molecule has 1 amide bonds. The van der Waals surface area contributed by atoms with Crippen LogP contribution >= 0.6 is 11.8 Å². The summed E-state index contributed by atoms with van der Waals surface area (Å²) in [5.41, 5.74) is 4.78. The van der Waals surface area contributed by atoms with Crippen LogP contribution in [0, 0.1) is 12.8 Å². The van der Waals surface area contributed by atoms with E-state index in [2.05, 4.69) is 42.7 Å². The molecule has 0 spiro atoms. The van der Waals surface area contributed by atoms with Crippen LogP contribution in [0.3, 0.4) is 0 Å². The largest absolute Gasteiger partial charge is 0.467 e. The fraction of sp³-hybridized carbons (Fsp3) is 0.576. The van der Waals surface area contributed by atoms with Gasteiger partial charge in [0.05, 0.1) is 7.11 Å². The molecule has 0 heterocycles. The van der Waals surface area contributed by atoms with Gasteiger partial charge in [-0.15, -0.1) is 0 Å². The van der Waals surface area contributed by atoms with Gasteiger partial charge >= 0.3 is 5.97 Å². The third kappa shape index (κ3) is 9.68. The summed E-state index contributed by atoms with van der Waals surface area (Å²) in [7, 11) is 1.36. The van der Waals surface area contributed by atoms with Gasteiger partial charge in [0, 0.05) is 18.2 Å². The van der Waals surface area contributed by atoms with Gasteiger partial charge in [-0.05, 0) is 84.9 Å². The molecule has 39 heavy (non-hydrogen) atoms. The molecule has 0 radical (unpaired) electrons. The zero-order chi connectivity index (χ0) is 28.0. The van der Waals surface area contributed by atoms with Crippen LogP contribution in [0.15, 0.2) is 42.5 Å². The van der Waals surface area contributed by atoms with Gasteiger partial charge in [0.15, 0.2) is 0 Å². The van der Waals surface area contributed by atoms with Crippen LogP contribution in [0.1, 0.15) is 92.6 Å². The number of esters is 1. The molecular weight excluding hydrogens is 504 g/mol. The molecule has 2 atom stereocenters. The molecule has 2 N–H and O–H groups in total. The van der Waals surface area contributed by atoms with Crippen LogP contribution in [0.5, 0.6) is 0 Å². The first-order valence-corrected chi connectivity index (χ1v) is 16.2. The van der Waals surface area contributed by atoms with E-state index in [0.717, 1.165) is 40.5 Å². The molecule has 0 bridgehead atoms. The van der Waals surface area contributed by atoms with Crippen molar-refractivity contribution in [2.45, 2.75) is 96.7 Å². The molecule has 1 fully saturated rings. The Hall–Kier alpha value is -2.31. The molecule has 2 unspecified atom stereocenters. The Kier molecular flexibility index (Phi) is 13.4. The average Bonchev–Trinajstić information content (AvgIpc) is 2.96. The molecule has 0 aromatic heterocycles. The molecular formula is C33H48N2O3S. The van der Waals surface area contributed by atoms with E-state index in [-0.39, 0.29) is 5.91 Å². The first-order valence-electron chi connectivity index (χ1n) is 14.8. The van der Waals surface area contributed by atoms with Crippen LogP contribution in [0.4, 0.5) is 0 Å². The molecule has 5 nitrogen and oxygen atoms in total. The number of hydrogen-bond acceptors (Lipinski definition) is 5. The number of hydrogen-bond donors (Lipinski definition) is 2. The average molecular weight is 553 g/mol. The minimum atomic E-state index is -0.667. The predicted molar refractivity (Wildman–Crippen MR) is 164 cm³/mol. The highest BCUT2D eigenvalue weighted by molar-refractivity contribution is 7.98. The second kappa shape index (κ2) is 16.7. The van der Waals surface area contributed by atoms with Crippen molar-refractivity contribution in [3.05, 3.63) is 59.2 Å². The quantitative estimate of drug-likeness (QED) is 0.227. The van der Waals surface area contributed by atoms with Crippen molar-refractivity contribution >= 4 is 23.6 Å². The number of thioether (sulfide) groups is 1. The smallest absolute Gasteiger partial charge is 0.328 e. The summed E-state index contributed by atoms with van der Waals surface area (Å²) < 4.78 is 4.96. The van der Waals surface area contributed by atoms with Crippen molar-refractivity contribution in [1.29, 1.82) is 0 Å². The molecule has 1 aliphatic carbocycles. The lowest BCUT2D eigenvalue weighted by molar-refractivity contribution is -0.142. The minimum Gasteiger partial charge on any atom is -0.467 e. The summed E-state index contributed by atoms with van der Waals surface area (Å²) in [5.74, 6) is 0.996. The second-order valence-corrected chi connectivity index (χ2v) is 12.0. The van der Waals surface area contributed by atoms with E-state index in [1.54, 1.807) is 11.8 Å². The van der Waals surface area contributed by atoms with E-state index < -0.39 is 12.0 Å². The molecule has 6 heteroatoms. The SMILES string of the molecule is CCCC(CCC1CCCCC1)NCc1ccc(C(=O)NC(CCSC)C(=O)OC)c(-c2ccccc2C)c1. The molecule has 0 aliphatic heterocycles. The van der Waals surface area contributed by atoms with Crippen LogP contribution in [0.2, 0.25) is 0 Å². The number of amides is 1. The number of benzene rings is 2. The third-order valence-corrected chi connectivity index (χ3v) is 8.69. The van der Waals surface area contributed by atoms with Crippen LogP contribution < -0.4 is 10.6 Å². The Balaban J connectivity index is 1.79. The van der Waals surface area contributed by atoms with Crippen molar-refractivity contribution in [1.82, 2.24) is 10.6 Å². The van der Waals surface area contributed by atoms with Gasteiger partial charge in [0.25, 0.3) is 5.91 Å². The van der Waals surface area contributed by atoms with E-state index in [9.17, 15) is 9.59 Å². The summed E-state index contributed by atoms with van der Waals surface area (Å²) in [6.45, 7) is 5.11. The number of carbonyl (C=O) groups is 2. The number of carbonyl (C=O) groups excluding carboxylic acids is 2. The maximum atomic E-state index is 13.5. The highest BCUT2D eigenvalue weighted by Gasteiger charge is 2.24. The highest BCUT2D eigenvalue weighted by Crippen LogP contribution is 2.30. The van der Waals surface area contributed by atoms with Gasteiger partial charge in [-0.3, -0.25) is 4.79 Å². The van der Waals surface area contributed by atoms with Crippen LogP contribution in [-0.4, -0.2) is 43.1 Å². The first kappa shape index (κ1) is 31.2. The maximum absolute atomic E-state index is 13.5. The maximum Gasteiger partial charge on any atom is 0.328 e. The first-order chi connectivity index (χ1) is 19.0. The number of methoxy groups -OCH3 is 1. The lowest BCUT2D eigenvalue weighted by atomic mass is 9.85. The summed E-state index contributed by atoms with van der Waals surface area (Å²) in [6, 6.07) is 14.1. The molecule has 2 aromatic carbocycles. The fourth-order valence-electron chi connectivity index (χ4n) is 5.73. The van der Waals surface area contributed by atoms with E-state index in [4.69, 9.17) is 4.74 Å². The lowest BCUT2D eigenvalue weighted by Crippen LogP contribution is -2.42. The van der Waals surface area contributed by atoms with Gasteiger partial charge in [0.2, 0.25) is 0 Å². The molecule has 3 rings (SSSR count). The van der Waals surface area contributed by atoms with Gasteiger partial charge in [-0.2, -0.15) is 11.8 Å². The van der Waals surface area contributed by atoms with Gasteiger partial charge < -0.3 is 15.4 Å². The number of nitrogens with one attached hydrogen (secondary N) is 2. The van der Waals surface area contributed by atoms with Crippen molar-refractivity contribution in [3.63, 3.8) is 0 Å². The summed E-state index contributed by atoms with van der Waals surface area (Å²) in [4.78, 5) is 25.9. The van der Waals surface area contributed by atoms with Gasteiger partial charge in [0.1, 0.15) is 6.04 Å².